The van der Waals surface area contributed by atoms with Gasteiger partial charge in [0, 0.05) is 29.9 Å². The van der Waals surface area contributed by atoms with Gasteiger partial charge < -0.3 is 9.64 Å². The fraction of sp³-hybridized carbons (Fsp3) is 0.350. The average Bonchev–Trinajstić information content (AvgIpc) is 2.57. The first-order chi connectivity index (χ1) is 11.2. The van der Waals surface area contributed by atoms with Crippen LogP contribution in [0.2, 0.25) is 0 Å². The zero-order valence-corrected chi connectivity index (χ0v) is 13.8. The Kier molecular flexibility index (Phi) is 4.65. The molecule has 23 heavy (non-hydrogen) atoms. The molecule has 0 aromatic heterocycles. The monoisotopic (exact) mass is 309 g/mol. The number of carbonyl (C=O) groups is 1. The molecule has 0 saturated carbocycles. The van der Waals surface area contributed by atoms with Gasteiger partial charge in [-0.15, -0.1) is 0 Å². The molecule has 0 amide bonds. The first kappa shape index (κ1) is 15.6. The number of ketones is 1. The molecule has 3 heteroatoms. The van der Waals surface area contributed by atoms with Gasteiger partial charge in [0.15, 0.2) is 5.78 Å². The highest BCUT2D eigenvalue weighted by Gasteiger charge is 2.18. The van der Waals surface area contributed by atoms with Crippen LogP contribution in [0.4, 0.5) is 5.69 Å². The molecule has 1 heterocycles. The number of anilines is 1. The number of hydrogen-bond donors (Lipinski definition) is 0. The van der Waals surface area contributed by atoms with Crippen molar-refractivity contribution in [3.05, 3.63) is 59.2 Å². The van der Waals surface area contributed by atoms with E-state index in [-0.39, 0.29) is 5.78 Å². The highest BCUT2D eigenvalue weighted by molar-refractivity contribution is 5.94. The molecule has 0 N–H and O–H groups in total. The van der Waals surface area contributed by atoms with E-state index >= 15 is 0 Å². The zero-order valence-electron chi connectivity index (χ0n) is 13.8. The maximum absolute atomic E-state index is 11.7. The van der Waals surface area contributed by atoms with Crippen LogP contribution in [0.25, 0.3) is 0 Å². The summed E-state index contributed by atoms with van der Waals surface area (Å²) in [6.45, 7) is 6.03. The molecule has 0 bridgehead atoms. The van der Waals surface area contributed by atoms with Crippen molar-refractivity contribution in [1.29, 1.82) is 0 Å². The summed E-state index contributed by atoms with van der Waals surface area (Å²) in [7, 11) is 0. The first-order valence-electron chi connectivity index (χ1n) is 8.28. The lowest BCUT2D eigenvalue weighted by molar-refractivity contribution is 0.101. The van der Waals surface area contributed by atoms with Crippen molar-refractivity contribution in [3.8, 4) is 5.75 Å². The predicted molar refractivity (Wildman–Crippen MR) is 93.4 cm³/mol. The molecule has 3 rings (SSSR count). The predicted octanol–water partition coefficient (Wildman–Crippen LogP) is 4.24. The van der Waals surface area contributed by atoms with E-state index in [1.54, 1.807) is 6.92 Å². The van der Waals surface area contributed by atoms with Gasteiger partial charge in [-0.05, 0) is 56.5 Å². The van der Waals surface area contributed by atoms with Gasteiger partial charge in [-0.2, -0.15) is 0 Å². The second-order valence-corrected chi connectivity index (χ2v) is 5.97. The van der Waals surface area contributed by atoms with Gasteiger partial charge in [-0.1, -0.05) is 18.2 Å². The fourth-order valence-electron chi connectivity index (χ4n) is 3.20. The van der Waals surface area contributed by atoms with Crippen molar-refractivity contribution >= 4 is 11.5 Å². The lowest BCUT2D eigenvalue weighted by Gasteiger charge is -2.32. The molecule has 0 aliphatic carbocycles. The van der Waals surface area contributed by atoms with Crippen LogP contribution in [-0.2, 0) is 13.0 Å². The van der Waals surface area contributed by atoms with Gasteiger partial charge in [-0.3, -0.25) is 4.79 Å². The highest BCUT2D eigenvalue weighted by Crippen LogP contribution is 2.30. The molecule has 0 saturated heterocycles. The summed E-state index contributed by atoms with van der Waals surface area (Å²) in [4.78, 5) is 14.1. The lowest BCUT2D eigenvalue weighted by atomic mass is 10.00. The number of Topliss-reactive ketones (excluding diaryl/α,β-unsaturated/α-hetero) is 1. The SMILES string of the molecule is CCOc1ccc(C(C)=O)cc1CN1CCCc2ccccc21. The average molecular weight is 309 g/mol. The molecule has 0 spiro atoms. The molecular formula is C20H23NO2. The Balaban J connectivity index is 1.93. The molecular weight excluding hydrogens is 286 g/mol. The second kappa shape index (κ2) is 6.86. The van der Waals surface area contributed by atoms with Gasteiger partial charge in [-0.25, -0.2) is 0 Å². The van der Waals surface area contributed by atoms with E-state index in [0.29, 0.717) is 6.61 Å². The molecule has 2 aromatic carbocycles. The summed E-state index contributed by atoms with van der Waals surface area (Å²) in [5, 5.41) is 0. The molecule has 0 unspecified atom stereocenters. The Hall–Kier alpha value is -2.29. The number of carbonyl (C=O) groups excluding carboxylic acids is 1. The summed E-state index contributed by atoms with van der Waals surface area (Å²) in [5.74, 6) is 0.967. The van der Waals surface area contributed by atoms with Crippen LogP contribution >= 0.6 is 0 Å². The third-order valence-electron chi connectivity index (χ3n) is 4.33. The lowest BCUT2D eigenvalue weighted by Crippen LogP contribution is -2.29. The molecule has 1 aliphatic rings. The van der Waals surface area contributed by atoms with Gasteiger partial charge in [0.05, 0.1) is 6.61 Å². The molecule has 0 fully saturated rings. The molecule has 3 nitrogen and oxygen atoms in total. The minimum Gasteiger partial charge on any atom is -0.494 e. The van der Waals surface area contributed by atoms with Crippen LogP contribution < -0.4 is 9.64 Å². The van der Waals surface area contributed by atoms with Crippen molar-refractivity contribution in [3.63, 3.8) is 0 Å². The number of para-hydroxylation sites is 1. The fourth-order valence-corrected chi connectivity index (χ4v) is 3.20. The first-order valence-corrected chi connectivity index (χ1v) is 8.28. The maximum Gasteiger partial charge on any atom is 0.159 e. The number of nitrogens with zero attached hydrogens (tertiary/aromatic N) is 1. The van der Waals surface area contributed by atoms with Gasteiger partial charge in [0.1, 0.15) is 5.75 Å². The quantitative estimate of drug-likeness (QED) is 0.774. The van der Waals surface area contributed by atoms with Gasteiger partial charge >= 0.3 is 0 Å². The van der Waals surface area contributed by atoms with Crippen molar-refractivity contribution in [2.45, 2.75) is 33.2 Å². The third-order valence-corrected chi connectivity index (χ3v) is 4.33. The summed E-state index contributed by atoms with van der Waals surface area (Å²) >= 11 is 0. The van der Waals surface area contributed by atoms with E-state index in [1.807, 2.05) is 25.1 Å². The van der Waals surface area contributed by atoms with Crippen LogP contribution in [-0.4, -0.2) is 18.9 Å². The van der Waals surface area contributed by atoms with E-state index in [4.69, 9.17) is 4.74 Å². The highest BCUT2D eigenvalue weighted by atomic mass is 16.5. The van der Waals surface area contributed by atoms with Crippen molar-refractivity contribution in [2.24, 2.45) is 0 Å². The number of fused-ring (bicyclic) bond motifs is 1. The molecule has 2 aromatic rings. The van der Waals surface area contributed by atoms with Crippen LogP contribution in [0.1, 0.15) is 41.8 Å². The minimum absolute atomic E-state index is 0.0911. The topological polar surface area (TPSA) is 29.5 Å². The zero-order chi connectivity index (χ0) is 16.2. The third kappa shape index (κ3) is 3.39. The number of ether oxygens (including phenoxy) is 1. The summed E-state index contributed by atoms with van der Waals surface area (Å²) in [5.41, 5.74) is 4.53. The van der Waals surface area contributed by atoms with Crippen LogP contribution in [0, 0.1) is 0 Å². The second-order valence-electron chi connectivity index (χ2n) is 5.97. The van der Waals surface area contributed by atoms with E-state index < -0.39 is 0 Å². The Morgan fingerprint density at radius 3 is 2.83 bits per heavy atom. The smallest absolute Gasteiger partial charge is 0.159 e. The Morgan fingerprint density at radius 1 is 1.22 bits per heavy atom. The Morgan fingerprint density at radius 2 is 2.04 bits per heavy atom. The standard InChI is InChI=1S/C20H23NO2/c1-3-23-20-11-10-17(15(2)22)13-18(20)14-21-12-6-8-16-7-4-5-9-19(16)21/h4-5,7,9-11,13H,3,6,8,12,14H2,1-2H3. The van der Waals surface area contributed by atoms with Crippen LogP contribution in [0.15, 0.2) is 42.5 Å². The van der Waals surface area contributed by atoms with Crippen LogP contribution in [0.3, 0.4) is 0 Å². The molecule has 0 radical (unpaired) electrons. The van der Waals surface area contributed by atoms with Crippen molar-refractivity contribution in [1.82, 2.24) is 0 Å². The number of aryl methyl sites for hydroxylation is 1. The van der Waals surface area contributed by atoms with E-state index in [1.165, 1.54) is 11.3 Å². The summed E-state index contributed by atoms with van der Waals surface area (Å²) in [6, 6.07) is 14.3. The maximum atomic E-state index is 11.7. The van der Waals surface area contributed by atoms with E-state index in [9.17, 15) is 4.79 Å². The number of hydrogen-bond acceptors (Lipinski definition) is 3. The van der Waals surface area contributed by atoms with E-state index in [0.717, 1.165) is 42.8 Å². The molecule has 120 valence electrons. The van der Waals surface area contributed by atoms with Crippen molar-refractivity contribution < 1.29 is 9.53 Å². The number of benzene rings is 2. The van der Waals surface area contributed by atoms with Crippen LogP contribution in [0.5, 0.6) is 5.75 Å². The van der Waals surface area contributed by atoms with Crippen molar-refractivity contribution in [2.75, 3.05) is 18.1 Å². The van der Waals surface area contributed by atoms with Gasteiger partial charge in [0.25, 0.3) is 0 Å². The van der Waals surface area contributed by atoms with E-state index in [2.05, 4.69) is 29.2 Å². The number of rotatable bonds is 5. The Labute approximate surface area is 137 Å². The molecule has 1 aliphatic heterocycles. The molecule has 0 atom stereocenters. The largest absolute Gasteiger partial charge is 0.494 e. The minimum atomic E-state index is 0.0911. The normalized spacial score (nSPS) is 13.6. The summed E-state index contributed by atoms with van der Waals surface area (Å²) < 4.78 is 5.76. The Bertz CT molecular complexity index is 709. The summed E-state index contributed by atoms with van der Waals surface area (Å²) in [6.07, 6.45) is 2.30. The van der Waals surface area contributed by atoms with Gasteiger partial charge in [0.2, 0.25) is 0 Å².